The fraction of sp³-hybridized carbons (Fsp3) is 0.222. The first-order chi connectivity index (χ1) is 12.9. The number of ketones is 1. The molecule has 2 N–H and O–H groups in total. The van der Waals surface area contributed by atoms with E-state index in [1.165, 1.54) is 30.4 Å². The molecule has 8 nitrogen and oxygen atoms in total. The summed E-state index contributed by atoms with van der Waals surface area (Å²) in [4.78, 5) is 47.8. The van der Waals surface area contributed by atoms with Crippen molar-refractivity contribution < 1.29 is 28.7 Å². The minimum absolute atomic E-state index is 0.122. The summed E-state index contributed by atoms with van der Waals surface area (Å²) in [5, 5.41) is 5.27. The van der Waals surface area contributed by atoms with Crippen molar-refractivity contribution in [1.29, 1.82) is 0 Å². The first-order valence-corrected chi connectivity index (χ1v) is 8.84. The molecular weight excluding hydrogens is 372 g/mol. The van der Waals surface area contributed by atoms with Crippen molar-refractivity contribution in [3.05, 3.63) is 45.6 Å². The highest BCUT2D eigenvalue weighted by Gasteiger charge is 2.19. The van der Waals surface area contributed by atoms with E-state index in [4.69, 9.17) is 9.47 Å². The molecule has 1 aromatic carbocycles. The Morgan fingerprint density at radius 1 is 1.26 bits per heavy atom. The van der Waals surface area contributed by atoms with Gasteiger partial charge in [-0.3, -0.25) is 14.4 Å². The lowest BCUT2D eigenvalue weighted by molar-refractivity contribution is -0.119. The van der Waals surface area contributed by atoms with Gasteiger partial charge in [-0.15, -0.1) is 11.3 Å². The maximum Gasteiger partial charge on any atom is 0.338 e. The third kappa shape index (κ3) is 4.70. The minimum Gasteiger partial charge on any atom is -0.482 e. The number of amides is 2. The first kappa shape index (κ1) is 18.6. The van der Waals surface area contributed by atoms with Crippen molar-refractivity contribution in [2.75, 3.05) is 18.5 Å². The topological polar surface area (TPSA) is 111 Å². The lowest BCUT2D eigenvalue weighted by Gasteiger charge is -2.18. The highest BCUT2D eigenvalue weighted by molar-refractivity contribution is 7.14. The Balaban J connectivity index is 1.56. The second kappa shape index (κ2) is 8.00. The summed E-state index contributed by atoms with van der Waals surface area (Å²) in [7, 11) is 0. The highest BCUT2D eigenvalue weighted by Crippen LogP contribution is 2.28. The average Bonchev–Trinajstić information content (AvgIpc) is 3.13. The second-order valence-corrected chi connectivity index (χ2v) is 6.89. The van der Waals surface area contributed by atoms with Gasteiger partial charge in [0.25, 0.3) is 5.91 Å². The van der Waals surface area contributed by atoms with Crippen LogP contribution >= 0.6 is 11.3 Å². The van der Waals surface area contributed by atoms with Crippen LogP contribution in [0.3, 0.4) is 0 Å². The summed E-state index contributed by atoms with van der Waals surface area (Å²) in [5.74, 6) is -1.04. The predicted octanol–water partition coefficient (Wildman–Crippen LogP) is 1.75. The standard InChI is InChI=1S/C18H16N2O6S/c1-10(21)19-7-12-3-5-16(27-12)14(22)8-26-18(24)11-2-4-13-15(6-11)25-9-17(23)20-13/h2-6H,7-9H2,1H3,(H,19,21)(H,20,23). The zero-order chi connectivity index (χ0) is 19.4. The number of nitrogens with one attached hydrogen (secondary N) is 2. The zero-order valence-corrected chi connectivity index (χ0v) is 15.2. The Bertz CT molecular complexity index is 920. The molecule has 0 saturated heterocycles. The third-order valence-electron chi connectivity index (χ3n) is 3.63. The zero-order valence-electron chi connectivity index (χ0n) is 14.4. The van der Waals surface area contributed by atoms with E-state index in [1.807, 2.05) is 0 Å². The van der Waals surface area contributed by atoms with Crippen LogP contribution in [0.5, 0.6) is 5.75 Å². The number of rotatable bonds is 6. The molecule has 0 unspecified atom stereocenters. The molecule has 140 valence electrons. The van der Waals surface area contributed by atoms with E-state index >= 15 is 0 Å². The van der Waals surface area contributed by atoms with E-state index in [1.54, 1.807) is 18.2 Å². The van der Waals surface area contributed by atoms with Gasteiger partial charge < -0.3 is 20.1 Å². The number of Topliss-reactive ketones (excluding diaryl/α,β-unsaturated/α-hetero) is 1. The molecule has 0 aliphatic carbocycles. The summed E-state index contributed by atoms with van der Waals surface area (Å²) in [5.41, 5.74) is 0.694. The van der Waals surface area contributed by atoms with Crippen LogP contribution in [0.1, 0.15) is 31.8 Å². The maximum atomic E-state index is 12.2. The Morgan fingerprint density at radius 2 is 2.07 bits per heavy atom. The Labute approximate surface area is 158 Å². The van der Waals surface area contributed by atoms with Gasteiger partial charge in [-0.2, -0.15) is 0 Å². The molecule has 27 heavy (non-hydrogen) atoms. The highest BCUT2D eigenvalue weighted by atomic mass is 32.1. The summed E-state index contributed by atoms with van der Waals surface area (Å²) in [6, 6.07) is 7.85. The van der Waals surface area contributed by atoms with Crippen LogP contribution in [-0.4, -0.2) is 36.8 Å². The Kier molecular flexibility index (Phi) is 5.51. The molecule has 2 heterocycles. The molecular formula is C18H16N2O6S. The molecule has 2 aromatic rings. The normalized spacial score (nSPS) is 12.4. The number of esters is 1. The van der Waals surface area contributed by atoms with E-state index in [9.17, 15) is 19.2 Å². The summed E-state index contributed by atoms with van der Waals surface area (Å²) < 4.78 is 10.3. The van der Waals surface area contributed by atoms with Crippen LogP contribution in [0.4, 0.5) is 5.69 Å². The monoisotopic (exact) mass is 388 g/mol. The van der Waals surface area contributed by atoms with Gasteiger partial charge in [0.15, 0.2) is 13.2 Å². The van der Waals surface area contributed by atoms with Gasteiger partial charge in [0.1, 0.15) is 5.75 Å². The lowest BCUT2D eigenvalue weighted by atomic mass is 10.1. The largest absolute Gasteiger partial charge is 0.482 e. The molecule has 1 aliphatic rings. The number of anilines is 1. The predicted molar refractivity (Wildman–Crippen MR) is 97.0 cm³/mol. The number of thiophene rings is 1. The molecule has 0 bridgehead atoms. The summed E-state index contributed by atoms with van der Waals surface area (Å²) in [6.45, 7) is 1.24. The van der Waals surface area contributed by atoms with Crippen molar-refractivity contribution in [3.8, 4) is 5.75 Å². The number of fused-ring (bicyclic) bond motifs is 1. The SMILES string of the molecule is CC(=O)NCc1ccc(C(=O)COC(=O)c2ccc3c(c2)OCC(=O)N3)s1. The third-order valence-corrected chi connectivity index (χ3v) is 4.76. The van der Waals surface area contributed by atoms with E-state index in [0.717, 1.165) is 4.88 Å². The number of carbonyl (C=O) groups excluding carboxylic acids is 4. The van der Waals surface area contributed by atoms with Crippen LogP contribution in [0.15, 0.2) is 30.3 Å². The molecule has 2 amide bonds. The molecule has 3 rings (SSSR count). The molecule has 0 radical (unpaired) electrons. The lowest BCUT2D eigenvalue weighted by Crippen LogP contribution is -2.25. The quantitative estimate of drug-likeness (QED) is 0.576. The Hall–Kier alpha value is -3.20. The maximum absolute atomic E-state index is 12.2. The van der Waals surface area contributed by atoms with Crippen molar-refractivity contribution >= 4 is 40.6 Å². The van der Waals surface area contributed by atoms with E-state index in [-0.39, 0.29) is 29.8 Å². The molecule has 9 heteroatoms. The van der Waals surface area contributed by atoms with Crippen LogP contribution in [0.2, 0.25) is 0 Å². The van der Waals surface area contributed by atoms with Crippen molar-refractivity contribution in [2.45, 2.75) is 13.5 Å². The van der Waals surface area contributed by atoms with Gasteiger partial charge in [-0.1, -0.05) is 0 Å². The van der Waals surface area contributed by atoms with Gasteiger partial charge >= 0.3 is 5.97 Å². The molecule has 0 saturated carbocycles. The van der Waals surface area contributed by atoms with Gasteiger partial charge in [0.05, 0.1) is 22.7 Å². The van der Waals surface area contributed by atoms with E-state index in [2.05, 4.69) is 10.6 Å². The fourth-order valence-corrected chi connectivity index (χ4v) is 3.19. The van der Waals surface area contributed by atoms with Crippen molar-refractivity contribution in [2.24, 2.45) is 0 Å². The smallest absolute Gasteiger partial charge is 0.338 e. The van der Waals surface area contributed by atoms with Crippen LogP contribution in [-0.2, 0) is 20.9 Å². The molecule has 1 aliphatic heterocycles. The van der Waals surface area contributed by atoms with Crippen molar-refractivity contribution in [3.63, 3.8) is 0 Å². The van der Waals surface area contributed by atoms with Crippen LogP contribution < -0.4 is 15.4 Å². The number of benzene rings is 1. The van der Waals surface area contributed by atoms with E-state index < -0.39 is 12.6 Å². The van der Waals surface area contributed by atoms with E-state index in [0.29, 0.717) is 22.9 Å². The van der Waals surface area contributed by atoms with Crippen LogP contribution in [0, 0.1) is 0 Å². The van der Waals surface area contributed by atoms with Gasteiger partial charge in [0.2, 0.25) is 11.7 Å². The number of carbonyl (C=O) groups is 4. The van der Waals surface area contributed by atoms with Crippen molar-refractivity contribution in [1.82, 2.24) is 5.32 Å². The fourth-order valence-electron chi connectivity index (χ4n) is 2.32. The molecule has 0 fully saturated rings. The van der Waals surface area contributed by atoms with Crippen LogP contribution in [0.25, 0.3) is 0 Å². The summed E-state index contributed by atoms with van der Waals surface area (Å²) in [6.07, 6.45) is 0. The number of hydrogen-bond donors (Lipinski definition) is 2. The minimum atomic E-state index is -0.665. The first-order valence-electron chi connectivity index (χ1n) is 8.02. The van der Waals surface area contributed by atoms with Gasteiger partial charge in [-0.05, 0) is 30.3 Å². The number of hydrogen-bond acceptors (Lipinski definition) is 7. The molecule has 0 spiro atoms. The van der Waals surface area contributed by atoms with Gasteiger partial charge in [-0.25, -0.2) is 4.79 Å². The molecule has 1 aromatic heterocycles. The molecule has 0 atom stereocenters. The second-order valence-electron chi connectivity index (χ2n) is 5.72. The average molecular weight is 388 g/mol. The Morgan fingerprint density at radius 3 is 2.85 bits per heavy atom. The number of ether oxygens (including phenoxy) is 2. The summed E-state index contributed by atoms with van der Waals surface area (Å²) >= 11 is 1.23. The van der Waals surface area contributed by atoms with Gasteiger partial charge in [0, 0.05) is 11.8 Å².